The van der Waals surface area contributed by atoms with Crippen molar-refractivity contribution in [1.82, 2.24) is 15.3 Å². The molecule has 0 saturated carbocycles. The van der Waals surface area contributed by atoms with Crippen molar-refractivity contribution in [2.75, 3.05) is 20.2 Å². The lowest BCUT2D eigenvalue weighted by molar-refractivity contribution is 0.397. The molecule has 1 atom stereocenters. The van der Waals surface area contributed by atoms with Crippen LogP contribution in [0.5, 0.6) is 5.88 Å². The summed E-state index contributed by atoms with van der Waals surface area (Å²) in [6.07, 6.45) is 2.87. The number of nitrogens with zero attached hydrogens (tertiary/aromatic N) is 2. The third-order valence-electron chi connectivity index (χ3n) is 3.29. The smallest absolute Gasteiger partial charge is 0.232 e. The SMILES string of the molecule is COc1cnc2cc(C3CCNC3)ccc2n1. The maximum atomic E-state index is 5.07. The third kappa shape index (κ3) is 1.96. The molecule has 3 rings (SSSR count). The topological polar surface area (TPSA) is 47.0 Å². The van der Waals surface area contributed by atoms with Gasteiger partial charge in [-0.2, -0.15) is 0 Å². The maximum Gasteiger partial charge on any atom is 0.232 e. The Hall–Kier alpha value is -1.68. The molecule has 1 saturated heterocycles. The molecule has 1 unspecified atom stereocenters. The molecule has 1 fully saturated rings. The van der Waals surface area contributed by atoms with E-state index in [0.29, 0.717) is 11.8 Å². The zero-order valence-electron chi connectivity index (χ0n) is 9.81. The van der Waals surface area contributed by atoms with Crippen LogP contribution in [0.25, 0.3) is 11.0 Å². The highest BCUT2D eigenvalue weighted by Gasteiger charge is 2.16. The van der Waals surface area contributed by atoms with Crippen molar-refractivity contribution in [1.29, 1.82) is 0 Å². The largest absolute Gasteiger partial charge is 0.480 e. The van der Waals surface area contributed by atoms with E-state index in [0.717, 1.165) is 24.1 Å². The van der Waals surface area contributed by atoms with Gasteiger partial charge >= 0.3 is 0 Å². The van der Waals surface area contributed by atoms with Crippen LogP contribution in [0, 0.1) is 0 Å². The third-order valence-corrected chi connectivity index (χ3v) is 3.29. The number of fused-ring (bicyclic) bond motifs is 1. The Bertz CT molecular complexity index is 535. The first-order chi connectivity index (χ1) is 8.36. The van der Waals surface area contributed by atoms with E-state index in [9.17, 15) is 0 Å². The van der Waals surface area contributed by atoms with E-state index in [4.69, 9.17) is 4.74 Å². The predicted molar refractivity (Wildman–Crippen MR) is 66.3 cm³/mol. The average molecular weight is 229 g/mol. The molecule has 4 nitrogen and oxygen atoms in total. The molecule has 1 aliphatic rings. The Balaban J connectivity index is 2.01. The molecule has 0 bridgehead atoms. The molecule has 0 amide bonds. The van der Waals surface area contributed by atoms with Crippen molar-refractivity contribution in [3.05, 3.63) is 30.0 Å². The summed E-state index contributed by atoms with van der Waals surface area (Å²) in [5.74, 6) is 1.18. The first-order valence-corrected chi connectivity index (χ1v) is 5.88. The van der Waals surface area contributed by atoms with Gasteiger partial charge in [-0.15, -0.1) is 0 Å². The summed E-state index contributed by atoms with van der Waals surface area (Å²) in [5.41, 5.74) is 3.18. The van der Waals surface area contributed by atoms with E-state index in [1.54, 1.807) is 13.3 Å². The van der Waals surface area contributed by atoms with Crippen molar-refractivity contribution >= 4 is 11.0 Å². The van der Waals surface area contributed by atoms with Gasteiger partial charge in [-0.05, 0) is 36.6 Å². The minimum Gasteiger partial charge on any atom is -0.480 e. The zero-order valence-corrected chi connectivity index (χ0v) is 9.81. The Kier molecular flexibility index (Phi) is 2.65. The Labute approximate surface area is 100 Å². The lowest BCUT2D eigenvalue weighted by Crippen LogP contribution is -2.07. The van der Waals surface area contributed by atoms with Crippen molar-refractivity contribution in [2.45, 2.75) is 12.3 Å². The first-order valence-electron chi connectivity index (χ1n) is 5.88. The first kappa shape index (κ1) is 10.5. The van der Waals surface area contributed by atoms with Crippen LogP contribution in [-0.2, 0) is 0 Å². The molecular weight excluding hydrogens is 214 g/mol. The van der Waals surface area contributed by atoms with Crippen LogP contribution in [0.3, 0.4) is 0 Å². The molecular formula is C13H15N3O. The number of aromatic nitrogens is 2. The number of nitrogens with one attached hydrogen (secondary N) is 1. The predicted octanol–water partition coefficient (Wildman–Crippen LogP) is 1.72. The molecule has 88 valence electrons. The van der Waals surface area contributed by atoms with Crippen molar-refractivity contribution in [2.24, 2.45) is 0 Å². The fourth-order valence-corrected chi connectivity index (χ4v) is 2.30. The van der Waals surface area contributed by atoms with E-state index in [1.807, 2.05) is 6.07 Å². The standard InChI is InChI=1S/C13H15N3O/c1-17-13-8-15-12-6-9(2-3-11(12)16-13)10-4-5-14-7-10/h2-3,6,8,10,14H,4-5,7H2,1H3. The molecule has 2 heterocycles. The molecule has 1 aromatic carbocycles. The number of ether oxygens (including phenoxy) is 1. The van der Waals surface area contributed by atoms with E-state index in [2.05, 4.69) is 27.4 Å². The van der Waals surface area contributed by atoms with Gasteiger partial charge in [0.2, 0.25) is 5.88 Å². The van der Waals surface area contributed by atoms with Gasteiger partial charge in [-0.25, -0.2) is 9.97 Å². The average Bonchev–Trinajstić information content (AvgIpc) is 2.91. The van der Waals surface area contributed by atoms with Crippen LogP contribution in [0.4, 0.5) is 0 Å². The number of methoxy groups -OCH3 is 1. The molecule has 4 heteroatoms. The molecule has 0 aliphatic carbocycles. The van der Waals surface area contributed by atoms with E-state index in [1.165, 1.54) is 12.0 Å². The van der Waals surface area contributed by atoms with Gasteiger partial charge in [0.05, 0.1) is 24.3 Å². The van der Waals surface area contributed by atoms with Crippen LogP contribution in [0.15, 0.2) is 24.4 Å². The highest BCUT2D eigenvalue weighted by Crippen LogP contribution is 2.25. The van der Waals surface area contributed by atoms with Gasteiger partial charge in [-0.3, -0.25) is 0 Å². The number of hydrogen-bond donors (Lipinski definition) is 1. The van der Waals surface area contributed by atoms with Crippen LogP contribution in [-0.4, -0.2) is 30.2 Å². The van der Waals surface area contributed by atoms with Gasteiger partial charge in [0.25, 0.3) is 0 Å². The van der Waals surface area contributed by atoms with Gasteiger partial charge in [0.15, 0.2) is 0 Å². The maximum absolute atomic E-state index is 5.07. The molecule has 1 aromatic heterocycles. The normalized spacial score (nSPS) is 19.7. The van der Waals surface area contributed by atoms with Crippen molar-refractivity contribution in [3.8, 4) is 5.88 Å². The zero-order chi connectivity index (χ0) is 11.7. The minimum atomic E-state index is 0.563. The summed E-state index contributed by atoms with van der Waals surface area (Å²) < 4.78 is 5.07. The quantitative estimate of drug-likeness (QED) is 0.851. The summed E-state index contributed by atoms with van der Waals surface area (Å²) in [6.45, 7) is 2.17. The second-order valence-corrected chi connectivity index (χ2v) is 4.35. The second-order valence-electron chi connectivity index (χ2n) is 4.35. The van der Waals surface area contributed by atoms with E-state index in [-0.39, 0.29) is 0 Å². The summed E-state index contributed by atoms with van der Waals surface area (Å²) in [4.78, 5) is 8.74. The monoisotopic (exact) mass is 229 g/mol. The second kappa shape index (κ2) is 4.30. The Morgan fingerprint density at radius 3 is 3.06 bits per heavy atom. The number of benzene rings is 1. The van der Waals surface area contributed by atoms with Gasteiger partial charge in [-0.1, -0.05) is 6.07 Å². The van der Waals surface area contributed by atoms with Gasteiger partial charge < -0.3 is 10.1 Å². The van der Waals surface area contributed by atoms with Gasteiger partial charge in [0.1, 0.15) is 0 Å². The van der Waals surface area contributed by atoms with Gasteiger partial charge in [0, 0.05) is 6.54 Å². The molecule has 2 aromatic rings. The fraction of sp³-hybridized carbons (Fsp3) is 0.385. The molecule has 0 radical (unpaired) electrons. The van der Waals surface area contributed by atoms with Crippen LogP contribution in [0.1, 0.15) is 17.9 Å². The van der Waals surface area contributed by atoms with E-state index < -0.39 is 0 Å². The summed E-state index contributed by atoms with van der Waals surface area (Å²) in [7, 11) is 1.61. The van der Waals surface area contributed by atoms with Crippen molar-refractivity contribution < 1.29 is 4.74 Å². The van der Waals surface area contributed by atoms with Crippen molar-refractivity contribution in [3.63, 3.8) is 0 Å². The molecule has 0 spiro atoms. The summed E-state index contributed by atoms with van der Waals surface area (Å²) in [6, 6.07) is 6.31. The number of rotatable bonds is 2. The van der Waals surface area contributed by atoms with Crippen LogP contribution in [0.2, 0.25) is 0 Å². The van der Waals surface area contributed by atoms with Crippen LogP contribution >= 0.6 is 0 Å². The fourth-order valence-electron chi connectivity index (χ4n) is 2.30. The Morgan fingerprint density at radius 1 is 1.35 bits per heavy atom. The highest BCUT2D eigenvalue weighted by molar-refractivity contribution is 5.75. The molecule has 1 N–H and O–H groups in total. The van der Waals surface area contributed by atoms with E-state index >= 15 is 0 Å². The lowest BCUT2D eigenvalue weighted by Gasteiger charge is -2.09. The Morgan fingerprint density at radius 2 is 2.29 bits per heavy atom. The molecule has 17 heavy (non-hydrogen) atoms. The summed E-state index contributed by atoms with van der Waals surface area (Å²) >= 11 is 0. The highest BCUT2D eigenvalue weighted by atomic mass is 16.5. The van der Waals surface area contributed by atoms with Crippen LogP contribution < -0.4 is 10.1 Å². The lowest BCUT2D eigenvalue weighted by atomic mass is 9.98. The molecule has 1 aliphatic heterocycles. The number of hydrogen-bond acceptors (Lipinski definition) is 4. The summed E-state index contributed by atoms with van der Waals surface area (Å²) in [5, 5.41) is 3.38. The minimum absolute atomic E-state index is 0.563.